The predicted molar refractivity (Wildman–Crippen MR) is 227 cm³/mol. The van der Waals surface area contributed by atoms with E-state index < -0.39 is 0 Å². The summed E-state index contributed by atoms with van der Waals surface area (Å²) in [5, 5.41) is 7.69. The van der Waals surface area contributed by atoms with Gasteiger partial charge in [0.05, 0.1) is 16.7 Å². The molecule has 0 spiro atoms. The molecule has 0 radical (unpaired) electrons. The second-order valence-electron chi connectivity index (χ2n) is 13.3. The summed E-state index contributed by atoms with van der Waals surface area (Å²) in [6.07, 6.45) is 0. The lowest BCUT2D eigenvalue weighted by atomic mass is 10.0. The van der Waals surface area contributed by atoms with Gasteiger partial charge in [-0.05, 0) is 78.4 Å². The Bertz CT molecular complexity index is 3150. The van der Waals surface area contributed by atoms with Crippen molar-refractivity contribution in [3.8, 4) is 16.8 Å². The van der Waals surface area contributed by atoms with Crippen molar-refractivity contribution in [1.29, 1.82) is 0 Å². The molecule has 0 saturated carbocycles. The van der Waals surface area contributed by atoms with Crippen molar-refractivity contribution in [2.24, 2.45) is 0 Å². The first-order valence-electron chi connectivity index (χ1n) is 17.6. The number of rotatable bonds is 5. The van der Waals surface area contributed by atoms with Crippen molar-refractivity contribution < 1.29 is 0 Å². The molecule has 3 aromatic heterocycles. The van der Waals surface area contributed by atoms with Crippen LogP contribution in [0.15, 0.2) is 182 Å². The molecule has 0 N–H and O–H groups in total. The van der Waals surface area contributed by atoms with Crippen LogP contribution in [0.2, 0.25) is 0 Å². The second kappa shape index (κ2) is 11.7. The van der Waals surface area contributed by atoms with Crippen LogP contribution in [-0.2, 0) is 0 Å². The molecule has 0 bridgehead atoms. The van der Waals surface area contributed by atoms with Gasteiger partial charge in [-0.1, -0.05) is 109 Å². The van der Waals surface area contributed by atoms with Crippen LogP contribution in [0, 0.1) is 0 Å². The molecule has 244 valence electrons. The number of nitrogens with zero attached hydrogens (tertiary/aromatic N) is 2. The minimum absolute atomic E-state index is 1.11. The van der Waals surface area contributed by atoms with Crippen LogP contribution in [-0.4, -0.2) is 4.57 Å². The van der Waals surface area contributed by atoms with E-state index in [1.165, 1.54) is 79.0 Å². The minimum Gasteiger partial charge on any atom is -0.310 e. The molecule has 52 heavy (non-hydrogen) atoms. The van der Waals surface area contributed by atoms with E-state index in [0.29, 0.717) is 0 Å². The van der Waals surface area contributed by atoms with Gasteiger partial charge in [0.25, 0.3) is 0 Å². The summed E-state index contributed by atoms with van der Waals surface area (Å²) in [5.74, 6) is 0. The fourth-order valence-electron chi connectivity index (χ4n) is 8.04. The molecule has 0 aliphatic rings. The Labute approximate surface area is 308 Å². The number of thiophene rings is 2. The van der Waals surface area contributed by atoms with Gasteiger partial charge in [-0.2, -0.15) is 0 Å². The number of benzene rings is 8. The molecule has 0 fully saturated rings. The highest BCUT2D eigenvalue weighted by molar-refractivity contribution is 7.26. The predicted octanol–water partition coefficient (Wildman–Crippen LogP) is 14.7. The fourth-order valence-corrected chi connectivity index (χ4v) is 10.2. The van der Waals surface area contributed by atoms with Gasteiger partial charge in [0, 0.05) is 73.7 Å². The van der Waals surface area contributed by atoms with E-state index in [1.807, 2.05) is 22.7 Å². The molecule has 0 amide bonds. The Morgan fingerprint density at radius 3 is 1.71 bits per heavy atom. The molecular weight excluding hydrogens is 669 g/mol. The van der Waals surface area contributed by atoms with Crippen molar-refractivity contribution in [1.82, 2.24) is 4.57 Å². The van der Waals surface area contributed by atoms with E-state index in [0.717, 1.165) is 17.1 Å². The van der Waals surface area contributed by atoms with E-state index in [4.69, 9.17) is 0 Å². The molecule has 8 aromatic carbocycles. The SMILES string of the molecule is c1ccc(-c2ccccc2N(c2ccc3sc4ccccc4c3c2)c2ccc3c4ccccc4n(-c4ccc5sc6ccccc6c5c4)c3c2)cc1. The highest BCUT2D eigenvalue weighted by Crippen LogP contribution is 2.45. The average molecular weight is 699 g/mol. The molecule has 11 rings (SSSR count). The van der Waals surface area contributed by atoms with Crippen LogP contribution in [0.4, 0.5) is 17.1 Å². The van der Waals surface area contributed by atoms with Crippen molar-refractivity contribution in [2.75, 3.05) is 4.90 Å². The molecule has 2 nitrogen and oxygen atoms in total. The van der Waals surface area contributed by atoms with E-state index in [1.54, 1.807) is 0 Å². The third-order valence-corrected chi connectivity index (χ3v) is 12.7. The zero-order valence-electron chi connectivity index (χ0n) is 28.0. The number of aromatic nitrogens is 1. The Hall–Kier alpha value is -6.20. The molecule has 0 aliphatic heterocycles. The maximum atomic E-state index is 2.46. The summed E-state index contributed by atoms with van der Waals surface area (Å²) in [6, 6.07) is 66.8. The molecule has 0 aliphatic carbocycles. The van der Waals surface area contributed by atoms with Gasteiger partial charge in [0.1, 0.15) is 0 Å². The monoisotopic (exact) mass is 698 g/mol. The highest BCUT2D eigenvalue weighted by Gasteiger charge is 2.21. The molecule has 4 heteroatoms. The van der Waals surface area contributed by atoms with Crippen LogP contribution < -0.4 is 4.90 Å². The van der Waals surface area contributed by atoms with E-state index in [2.05, 4.69) is 191 Å². The van der Waals surface area contributed by atoms with Crippen LogP contribution in [0.25, 0.3) is 79.0 Å². The van der Waals surface area contributed by atoms with E-state index in [9.17, 15) is 0 Å². The van der Waals surface area contributed by atoms with Crippen molar-refractivity contribution >= 4 is 102 Å². The Balaban J connectivity index is 1.19. The first kappa shape index (κ1) is 29.5. The summed E-state index contributed by atoms with van der Waals surface area (Å²) in [4.78, 5) is 2.45. The average Bonchev–Trinajstić information content (AvgIpc) is 3.87. The zero-order chi connectivity index (χ0) is 34.2. The van der Waals surface area contributed by atoms with Gasteiger partial charge in [0.2, 0.25) is 0 Å². The lowest BCUT2D eigenvalue weighted by Crippen LogP contribution is -2.11. The largest absolute Gasteiger partial charge is 0.310 e. The smallest absolute Gasteiger partial charge is 0.0561 e. The Morgan fingerprint density at radius 2 is 0.923 bits per heavy atom. The van der Waals surface area contributed by atoms with Gasteiger partial charge in [-0.15, -0.1) is 22.7 Å². The summed E-state index contributed by atoms with van der Waals surface area (Å²) >= 11 is 3.72. The topological polar surface area (TPSA) is 8.17 Å². The third-order valence-electron chi connectivity index (χ3n) is 10.4. The molecule has 3 heterocycles. The van der Waals surface area contributed by atoms with E-state index >= 15 is 0 Å². The number of anilines is 3. The van der Waals surface area contributed by atoms with E-state index in [-0.39, 0.29) is 0 Å². The van der Waals surface area contributed by atoms with Crippen LogP contribution in [0.3, 0.4) is 0 Å². The van der Waals surface area contributed by atoms with Gasteiger partial charge < -0.3 is 9.47 Å². The fraction of sp³-hybridized carbons (Fsp3) is 0. The standard InChI is InChI=1S/C48H30N2S2/c1-2-12-31(13-3-1)35-14-4-8-18-42(35)49(32-23-26-47-40(28-32)38-16-6-10-20-45(38)51-47)34-22-25-37-36-15-5-9-19-43(36)50(44(37)30-34)33-24-27-48-41(29-33)39-17-7-11-21-46(39)52-48/h1-30H. The second-order valence-corrected chi connectivity index (χ2v) is 15.5. The molecule has 0 saturated heterocycles. The van der Waals surface area contributed by atoms with Gasteiger partial charge in [0.15, 0.2) is 0 Å². The maximum Gasteiger partial charge on any atom is 0.0561 e. The molecule has 0 atom stereocenters. The summed E-state index contributed by atoms with van der Waals surface area (Å²) in [7, 11) is 0. The Kier molecular flexibility index (Phi) is 6.63. The molecular formula is C48H30N2S2. The number of hydrogen-bond donors (Lipinski definition) is 0. The number of para-hydroxylation sites is 2. The van der Waals surface area contributed by atoms with Crippen LogP contribution >= 0.6 is 22.7 Å². The lowest BCUT2D eigenvalue weighted by Gasteiger charge is -2.28. The van der Waals surface area contributed by atoms with Crippen molar-refractivity contribution in [2.45, 2.75) is 0 Å². The summed E-state index contributed by atoms with van der Waals surface area (Å²) < 4.78 is 7.70. The quantitative estimate of drug-likeness (QED) is 0.174. The van der Waals surface area contributed by atoms with Crippen molar-refractivity contribution in [3.05, 3.63) is 182 Å². The van der Waals surface area contributed by atoms with Crippen molar-refractivity contribution in [3.63, 3.8) is 0 Å². The lowest BCUT2D eigenvalue weighted by molar-refractivity contribution is 1.18. The zero-order valence-corrected chi connectivity index (χ0v) is 29.7. The summed E-state index contributed by atoms with van der Waals surface area (Å²) in [5.41, 5.74) is 9.32. The normalized spacial score (nSPS) is 11.8. The van der Waals surface area contributed by atoms with Gasteiger partial charge in [-0.3, -0.25) is 0 Å². The first-order chi connectivity index (χ1) is 25.8. The minimum atomic E-state index is 1.11. The van der Waals surface area contributed by atoms with Gasteiger partial charge >= 0.3 is 0 Å². The van der Waals surface area contributed by atoms with Crippen LogP contribution in [0.5, 0.6) is 0 Å². The van der Waals surface area contributed by atoms with Gasteiger partial charge in [-0.25, -0.2) is 0 Å². The third kappa shape index (κ3) is 4.55. The number of hydrogen-bond acceptors (Lipinski definition) is 3. The van der Waals surface area contributed by atoms with Crippen LogP contribution in [0.1, 0.15) is 0 Å². The number of fused-ring (bicyclic) bond motifs is 9. The first-order valence-corrected chi connectivity index (χ1v) is 19.2. The molecule has 11 aromatic rings. The molecule has 0 unspecified atom stereocenters. The summed E-state index contributed by atoms with van der Waals surface area (Å²) in [6.45, 7) is 0. The Morgan fingerprint density at radius 1 is 0.365 bits per heavy atom. The highest BCUT2D eigenvalue weighted by atomic mass is 32.1. The maximum absolute atomic E-state index is 2.46.